The van der Waals surface area contributed by atoms with Crippen LogP contribution in [0, 0.1) is 0 Å². The third kappa shape index (κ3) is 2.81. The Bertz CT molecular complexity index is 827. The first kappa shape index (κ1) is 14.1. The van der Waals surface area contributed by atoms with E-state index in [0.29, 0.717) is 26.4 Å². The summed E-state index contributed by atoms with van der Waals surface area (Å²) in [6.07, 6.45) is 0. The Kier molecular flexibility index (Phi) is 3.71. The molecule has 1 aromatic heterocycles. The van der Waals surface area contributed by atoms with Crippen LogP contribution in [0.4, 0.5) is 10.8 Å². The van der Waals surface area contributed by atoms with Gasteiger partial charge in [0, 0.05) is 5.56 Å². The van der Waals surface area contributed by atoms with Crippen molar-refractivity contribution in [3.63, 3.8) is 0 Å². The number of hydrogen-bond donors (Lipinski definition) is 2. The van der Waals surface area contributed by atoms with Gasteiger partial charge in [-0.25, -0.2) is 4.98 Å². The van der Waals surface area contributed by atoms with E-state index in [1.807, 2.05) is 0 Å². The van der Waals surface area contributed by atoms with Crippen molar-refractivity contribution >= 4 is 61.5 Å². The summed E-state index contributed by atoms with van der Waals surface area (Å²) in [4.78, 5) is 16.4. The molecule has 0 atom stereocenters. The maximum atomic E-state index is 12.3. The van der Waals surface area contributed by atoms with Gasteiger partial charge in [0.1, 0.15) is 0 Å². The average molecular weight is 338 g/mol. The quantitative estimate of drug-likeness (QED) is 0.726. The highest BCUT2D eigenvalue weighted by atomic mass is 35.5. The highest BCUT2D eigenvalue weighted by molar-refractivity contribution is 7.22. The Labute approximate surface area is 134 Å². The maximum absolute atomic E-state index is 12.3. The number of carbonyl (C=O) groups is 1. The molecule has 0 spiro atoms. The fourth-order valence-corrected chi connectivity index (χ4v) is 3.15. The van der Waals surface area contributed by atoms with Crippen molar-refractivity contribution in [3.8, 4) is 0 Å². The molecule has 2 aromatic carbocycles. The molecule has 0 saturated heterocycles. The molecule has 3 aromatic rings. The number of anilines is 2. The zero-order chi connectivity index (χ0) is 15.0. The SMILES string of the molecule is Nc1nc2ccc(C(=O)Nc3c(Cl)cccc3Cl)cc2s1. The molecule has 0 unspecified atom stereocenters. The smallest absolute Gasteiger partial charge is 0.255 e. The van der Waals surface area contributed by atoms with Gasteiger partial charge < -0.3 is 11.1 Å². The molecular weight excluding hydrogens is 329 g/mol. The fourth-order valence-electron chi connectivity index (χ4n) is 1.89. The van der Waals surface area contributed by atoms with E-state index in [9.17, 15) is 4.79 Å². The minimum absolute atomic E-state index is 0.293. The van der Waals surface area contributed by atoms with Crippen LogP contribution in [0.5, 0.6) is 0 Å². The van der Waals surface area contributed by atoms with Crippen molar-refractivity contribution in [1.29, 1.82) is 0 Å². The molecule has 0 saturated carbocycles. The Morgan fingerprint density at radius 2 is 1.90 bits per heavy atom. The molecule has 1 amide bonds. The second-order valence-electron chi connectivity index (χ2n) is 4.29. The summed E-state index contributed by atoms with van der Waals surface area (Å²) in [6, 6.07) is 10.2. The number of nitrogens with zero attached hydrogens (tertiary/aromatic N) is 1. The van der Waals surface area contributed by atoms with Gasteiger partial charge in [0.2, 0.25) is 0 Å². The number of aromatic nitrogens is 1. The van der Waals surface area contributed by atoms with Gasteiger partial charge in [-0.2, -0.15) is 0 Å². The number of para-hydroxylation sites is 1. The Morgan fingerprint density at radius 1 is 1.19 bits per heavy atom. The van der Waals surface area contributed by atoms with Gasteiger partial charge in [0.25, 0.3) is 5.91 Å². The van der Waals surface area contributed by atoms with Crippen molar-refractivity contribution in [2.45, 2.75) is 0 Å². The molecule has 0 fully saturated rings. The second kappa shape index (κ2) is 5.52. The number of rotatable bonds is 2. The molecule has 21 heavy (non-hydrogen) atoms. The van der Waals surface area contributed by atoms with Crippen LogP contribution < -0.4 is 11.1 Å². The number of halogens is 2. The lowest BCUT2D eigenvalue weighted by Gasteiger charge is -2.09. The van der Waals surface area contributed by atoms with E-state index in [1.165, 1.54) is 11.3 Å². The molecule has 0 aliphatic carbocycles. The van der Waals surface area contributed by atoms with Gasteiger partial charge >= 0.3 is 0 Å². The summed E-state index contributed by atoms with van der Waals surface area (Å²) in [7, 11) is 0. The van der Waals surface area contributed by atoms with E-state index in [1.54, 1.807) is 36.4 Å². The van der Waals surface area contributed by atoms with E-state index >= 15 is 0 Å². The first-order chi connectivity index (χ1) is 10.0. The number of fused-ring (bicyclic) bond motifs is 1. The number of thiazole rings is 1. The Morgan fingerprint density at radius 3 is 2.62 bits per heavy atom. The monoisotopic (exact) mass is 337 g/mol. The zero-order valence-electron chi connectivity index (χ0n) is 10.6. The number of nitrogens with two attached hydrogens (primary N) is 1. The topological polar surface area (TPSA) is 68.0 Å². The first-order valence-corrected chi connectivity index (χ1v) is 7.53. The minimum atomic E-state index is -0.293. The predicted octanol–water partition coefficient (Wildman–Crippen LogP) is 4.44. The van der Waals surface area contributed by atoms with Crippen LogP contribution in [-0.4, -0.2) is 10.9 Å². The lowest BCUT2D eigenvalue weighted by atomic mass is 10.2. The van der Waals surface area contributed by atoms with Crippen molar-refractivity contribution in [3.05, 3.63) is 52.0 Å². The summed E-state index contributed by atoms with van der Waals surface area (Å²) >= 11 is 13.4. The molecular formula is C14H9Cl2N3OS. The van der Waals surface area contributed by atoms with Crippen LogP contribution in [0.15, 0.2) is 36.4 Å². The number of carbonyl (C=O) groups excluding carboxylic acids is 1. The molecule has 3 N–H and O–H groups in total. The van der Waals surface area contributed by atoms with E-state index < -0.39 is 0 Å². The molecule has 3 rings (SSSR count). The molecule has 106 valence electrons. The van der Waals surface area contributed by atoms with Gasteiger partial charge in [0.15, 0.2) is 5.13 Å². The van der Waals surface area contributed by atoms with E-state index in [0.717, 1.165) is 10.2 Å². The van der Waals surface area contributed by atoms with Gasteiger partial charge in [-0.1, -0.05) is 40.6 Å². The van der Waals surface area contributed by atoms with Gasteiger partial charge in [-0.15, -0.1) is 0 Å². The summed E-state index contributed by atoms with van der Waals surface area (Å²) < 4.78 is 0.852. The van der Waals surface area contributed by atoms with E-state index in [4.69, 9.17) is 28.9 Å². The third-order valence-corrected chi connectivity index (χ3v) is 4.35. The molecule has 0 aliphatic heterocycles. The van der Waals surface area contributed by atoms with Crippen LogP contribution in [-0.2, 0) is 0 Å². The standard InChI is InChI=1S/C14H9Cl2N3OS/c15-8-2-1-3-9(16)12(8)19-13(20)7-4-5-10-11(6-7)21-14(17)18-10/h1-6H,(H2,17,18)(H,19,20). The van der Waals surface area contributed by atoms with Crippen LogP contribution in [0.3, 0.4) is 0 Å². The number of nitrogens with one attached hydrogen (secondary N) is 1. The number of hydrogen-bond acceptors (Lipinski definition) is 4. The van der Waals surface area contributed by atoms with Crippen LogP contribution in [0.25, 0.3) is 10.2 Å². The van der Waals surface area contributed by atoms with Gasteiger partial charge in [-0.05, 0) is 30.3 Å². The summed E-state index contributed by atoms with van der Waals surface area (Å²) in [5, 5.41) is 3.96. The second-order valence-corrected chi connectivity index (χ2v) is 6.16. The molecule has 0 aliphatic rings. The highest BCUT2D eigenvalue weighted by Crippen LogP contribution is 2.31. The van der Waals surface area contributed by atoms with Crippen molar-refractivity contribution in [2.75, 3.05) is 11.1 Å². The normalized spacial score (nSPS) is 10.8. The maximum Gasteiger partial charge on any atom is 0.255 e. The number of nitrogen functional groups attached to an aromatic ring is 1. The van der Waals surface area contributed by atoms with Crippen LogP contribution in [0.2, 0.25) is 10.0 Å². The molecule has 0 radical (unpaired) electrons. The first-order valence-electron chi connectivity index (χ1n) is 5.96. The van der Waals surface area contributed by atoms with Crippen molar-refractivity contribution < 1.29 is 4.79 Å². The summed E-state index contributed by atoms with van der Waals surface area (Å²) in [5.74, 6) is -0.293. The largest absolute Gasteiger partial charge is 0.375 e. The third-order valence-electron chi connectivity index (χ3n) is 2.87. The summed E-state index contributed by atoms with van der Waals surface area (Å²) in [6.45, 7) is 0. The molecule has 1 heterocycles. The highest BCUT2D eigenvalue weighted by Gasteiger charge is 2.12. The molecule has 0 bridgehead atoms. The minimum Gasteiger partial charge on any atom is -0.375 e. The molecule has 4 nitrogen and oxygen atoms in total. The number of amides is 1. The van der Waals surface area contributed by atoms with E-state index in [2.05, 4.69) is 10.3 Å². The van der Waals surface area contributed by atoms with E-state index in [-0.39, 0.29) is 5.91 Å². The lowest BCUT2D eigenvalue weighted by molar-refractivity contribution is 0.102. The average Bonchev–Trinajstić information content (AvgIpc) is 2.81. The molecule has 7 heteroatoms. The van der Waals surface area contributed by atoms with Gasteiger partial charge in [-0.3, -0.25) is 4.79 Å². The van der Waals surface area contributed by atoms with Crippen molar-refractivity contribution in [1.82, 2.24) is 4.98 Å². The Hall–Kier alpha value is -1.82. The summed E-state index contributed by atoms with van der Waals surface area (Å²) in [5.41, 5.74) is 7.31. The zero-order valence-corrected chi connectivity index (χ0v) is 12.9. The fraction of sp³-hybridized carbons (Fsp3) is 0. The Balaban J connectivity index is 1.93. The van der Waals surface area contributed by atoms with Gasteiger partial charge in [0.05, 0.1) is 25.9 Å². The predicted molar refractivity (Wildman–Crippen MR) is 88.4 cm³/mol. The van der Waals surface area contributed by atoms with Crippen LogP contribution in [0.1, 0.15) is 10.4 Å². The number of benzene rings is 2. The van der Waals surface area contributed by atoms with Crippen LogP contribution >= 0.6 is 34.5 Å². The van der Waals surface area contributed by atoms with Crippen molar-refractivity contribution in [2.24, 2.45) is 0 Å². The lowest BCUT2D eigenvalue weighted by Crippen LogP contribution is -2.12.